The van der Waals surface area contributed by atoms with Gasteiger partial charge in [0, 0.05) is 31.7 Å². The third-order valence-electron chi connectivity index (χ3n) is 5.24. The van der Waals surface area contributed by atoms with E-state index in [1.165, 1.54) is 6.07 Å². The monoisotopic (exact) mass is 391 g/mol. The number of likely N-dealkylation sites (tertiary alicyclic amines) is 1. The van der Waals surface area contributed by atoms with Crippen LogP contribution in [0.4, 0.5) is 14.9 Å². The van der Waals surface area contributed by atoms with E-state index in [4.69, 9.17) is 4.74 Å². The average molecular weight is 391 g/mol. The number of amides is 2. The summed E-state index contributed by atoms with van der Waals surface area (Å²) in [6.45, 7) is 10.00. The minimum atomic E-state index is -0.573. The summed E-state index contributed by atoms with van der Waals surface area (Å²) in [4.78, 5) is 28.5. The first-order valence-electron chi connectivity index (χ1n) is 9.97. The highest BCUT2D eigenvalue weighted by Crippen LogP contribution is 2.26. The summed E-state index contributed by atoms with van der Waals surface area (Å²) in [5.74, 6) is -0.485. The number of carbonyl (C=O) groups excluding carboxylic acids is 2. The van der Waals surface area contributed by atoms with Gasteiger partial charge in [0.15, 0.2) is 0 Å². The molecule has 7 heteroatoms. The predicted octanol–water partition coefficient (Wildman–Crippen LogP) is 3.41. The minimum Gasteiger partial charge on any atom is -0.444 e. The van der Waals surface area contributed by atoms with Crippen molar-refractivity contribution in [1.29, 1.82) is 0 Å². The smallest absolute Gasteiger partial charge is 0.407 e. The summed E-state index contributed by atoms with van der Waals surface area (Å²) in [7, 11) is 0. The first-order valence-corrected chi connectivity index (χ1v) is 9.97. The molecule has 0 spiro atoms. The molecule has 2 aliphatic heterocycles. The number of nitrogens with one attached hydrogen (secondary N) is 1. The van der Waals surface area contributed by atoms with Crippen molar-refractivity contribution in [3.63, 3.8) is 0 Å². The Morgan fingerprint density at radius 2 is 1.86 bits per heavy atom. The lowest BCUT2D eigenvalue weighted by Crippen LogP contribution is -2.43. The van der Waals surface area contributed by atoms with Crippen LogP contribution >= 0.6 is 0 Å². The molecule has 1 aromatic rings. The van der Waals surface area contributed by atoms with Crippen molar-refractivity contribution in [2.75, 3.05) is 31.1 Å². The van der Waals surface area contributed by atoms with Gasteiger partial charge in [0.05, 0.1) is 11.7 Å². The summed E-state index contributed by atoms with van der Waals surface area (Å²) in [6.07, 6.45) is 1.65. The van der Waals surface area contributed by atoms with Gasteiger partial charge in [0.2, 0.25) is 0 Å². The van der Waals surface area contributed by atoms with E-state index in [0.29, 0.717) is 24.3 Å². The van der Waals surface area contributed by atoms with E-state index in [1.54, 1.807) is 37.8 Å². The summed E-state index contributed by atoms with van der Waals surface area (Å²) in [6, 6.07) is 4.53. The Bertz CT molecular complexity index is 741. The number of hydrogen-bond acceptors (Lipinski definition) is 4. The van der Waals surface area contributed by atoms with Crippen LogP contribution in [0.25, 0.3) is 0 Å². The zero-order valence-electron chi connectivity index (χ0n) is 17.1. The fourth-order valence-corrected chi connectivity index (χ4v) is 3.82. The molecule has 1 aromatic carbocycles. The Kier molecular flexibility index (Phi) is 5.82. The van der Waals surface area contributed by atoms with Gasteiger partial charge in [0.25, 0.3) is 5.91 Å². The number of anilines is 1. The molecule has 0 aliphatic carbocycles. The van der Waals surface area contributed by atoms with Crippen LogP contribution in [0, 0.1) is 11.7 Å². The van der Waals surface area contributed by atoms with E-state index in [9.17, 15) is 14.0 Å². The van der Waals surface area contributed by atoms with Crippen molar-refractivity contribution in [2.24, 2.45) is 5.92 Å². The second-order valence-electron chi connectivity index (χ2n) is 8.80. The number of hydrogen-bond donors (Lipinski definition) is 1. The fourth-order valence-electron chi connectivity index (χ4n) is 3.82. The maximum absolute atomic E-state index is 14.5. The molecule has 2 aliphatic rings. The first-order chi connectivity index (χ1) is 13.1. The van der Waals surface area contributed by atoms with Crippen molar-refractivity contribution >= 4 is 17.7 Å². The average Bonchev–Trinajstić information content (AvgIpc) is 3.23. The molecule has 3 rings (SSSR count). The lowest BCUT2D eigenvalue weighted by molar-refractivity contribution is 0.0494. The van der Waals surface area contributed by atoms with Crippen LogP contribution < -0.4 is 10.2 Å². The second-order valence-corrected chi connectivity index (χ2v) is 8.80. The Hall–Kier alpha value is -2.31. The highest BCUT2D eigenvalue weighted by atomic mass is 19.1. The molecule has 2 saturated heterocycles. The van der Waals surface area contributed by atoms with E-state index in [0.717, 1.165) is 25.9 Å². The van der Waals surface area contributed by atoms with Crippen LogP contribution in [-0.2, 0) is 4.74 Å². The van der Waals surface area contributed by atoms with Gasteiger partial charge in [-0.3, -0.25) is 4.79 Å². The molecule has 2 fully saturated rings. The van der Waals surface area contributed by atoms with Crippen molar-refractivity contribution in [3.8, 4) is 0 Å². The molecule has 28 heavy (non-hydrogen) atoms. The van der Waals surface area contributed by atoms with Gasteiger partial charge in [-0.2, -0.15) is 0 Å². The number of alkyl carbamates (subject to hydrolysis) is 1. The Morgan fingerprint density at radius 1 is 1.18 bits per heavy atom. The Labute approximate surface area is 166 Å². The van der Waals surface area contributed by atoms with Crippen molar-refractivity contribution in [3.05, 3.63) is 29.6 Å². The van der Waals surface area contributed by atoms with E-state index < -0.39 is 11.7 Å². The van der Waals surface area contributed by atoms with E-state index >= 15 is 0 Å². The van der Waals surface area contributed by atoms with Crippen molar-refractivity contribution in [1.82, 2.24) is 10.2 Å². The number of nitrogens with zero attached hydrogens (tertiary/aromatic N) is 2. The van der Waals surface area contributed by atoms with Gasteiger partial charge >= 0.3 is 6.09 Å². The molecule has 154 valence electrons. The Morgan fingerprint density at radius 3 is 2.46 bits per heavy atom. The lowest BCUT2D eigenvalue weighted by atomic mass is 10.1. The quantitative estimate of drug-likeness (QED) is 0.858. The highest BCUT2D eigenvalue weighted by Gasteiger charge is 2.35. The normalized spacial score (nSPS) is 22.5. The van der Waals surface area contributed by atoms with Crippen molar-refractivity contribution < 1.29 is 18.7 Å². The van der Waals surface area contributed by atoms with Crippen LogP contribution in [0.5, 0.6) is 0 Å². The molecule has 0 bridgehead atoms. The topological polar surface area (TPSA) is 61.9 Å². The number of carbonyl (C=O) groups is 2. The molecule has 0 saturated carbocycles. The first kappa shape index (κ1) is 20.4. The third kappa shape index (κ3) is 4.75. The molecule has 0 radical (unpaired) electrons. The van der Waals surface area contributed by atoms with Crippen molar-refractivity contribution in [2.45, 2.75) is 52.2 Å². The molecular weight excluding hydrogens is 361 g/mol. The minimum absolute atomic E-state index is 0.0881. The largest absolute Gasteiger partial charge is 0.444 e. The number of halogens is 1. The molecule has 6 nitrogen and oxygen atoms in total. The molecule has 0 aromatic heterocycles. The summed E-state index contributed by atoms with van der Waals surface area (Å²) in [5.41, 5.74) is 0.328. The molecule has 2 heterocycles. The number of benzene rings is 1. The summed E-state index contributed by atoms with van der Waals surface area (Å²) >= 11 is 0. The number of rotatable bonds is 3. The summed E-state index contributed by atoms with van der Waals surface area (Å²) < 4.78 is 19.8. The van der Waals surface area contributed by atoms with Crippen LogP contribution in [0.3, 0.4) is 0 Å². The van der Waals surface area contributed by atoms with E-state index in [2.05, 4.69) is 5.32 Å². The maximum atomic E-state index is 14.5. The molecule has 1 N–H and O–H groups in total. The van der Waals surface area contributed by atoms with E-state index in [-0.39, 0.29) is 23.7 Å². The van der Waals surface area contributed by atoms with Gasteiger partial charge in [-0.1, -0.05) is 6.92 Å². The van der Waals surface area contributed by atoms with Gasteiger partial charge in [-0.25, -0.2) is 9.18 Å². The predicted molar refractivity (Wildman–Crippen MR) is 106 cm³/mol. The number of ether oxygens (including phenoxy) is 1. The fraction of sp³-hybridized carbons (Fsp3) is 0.619. The van der Waals surface area contributed by atoms with Crippen LogP contribution in [0.1, 0.15) is 50.9 Å². The molecule has 0 unspecified atom stereocenters. The molecular formula is C21H30FN3O3. The third-order valence-corrected chi connectivity index (χ3v) is 5.24. The van der Waals surface area contributed by atoms with Gasteiger partial charge < -0.3 is 19.9 Å². The maximum Gasteiger partial charge on any atom is 0.407 e. The van der Waals surface area contributed by atoms with Crippen LogP contribution in [0.15, 0.2) is 18.2 Å². The standard InChI is InChI=1S/C21H30FN3O3/c1-14-12-25(13-17(14)23-20(27)28-21(2,3)4)19(26)15-7-8-18(16(22)11-15)24-9-5-6-10-24/h7-8,11,14,17H,5-6,9-10,12-13H2,1-4H3,(H,23,27)/t14-,17-/m1/s1. The SMILES string of the molecule is C[C@@H]1CN(C(=O)c2ccc(N3CCCC3)c(F)c2)C[C@H]1NC(=O)OC(C)(C)C. The highest BCUT2D eigenvalue weighted by molar-refractivity contribution is 5.95. The van der Waals surface area contributed by atoms with Gasteiger partial charge in [0.1, 0.15) is 11.4 Å². The molecule has 2 amide bonds. The zero-order chi connectivity index (χ0) is 20.5. The second kappa shape index (κ2) is 7.97. The molecule has 2 atom stereocenters. The lowest BCUT2D eigenvalue weighted by Gasteiger charge is -2.23. The van der Waals surface area contributed by atoms with Crippen LogP contribution in [0.2, 0.25) is 0 Å². The van der Waals surface area contributed by atoms with E-state index in [1.807, 2.05) is 11.8 Å². The zero-order valence-corrected chi connectivity index (χ0v) is 17.1. The Balaban J connectivity index is 1.63. The van der Waals surface area contributed by atoms with Crippen LogP contribution in [-0.4, -0.2) is 54.7 Å². The van der Waals surface area contributed by atoms with Gasteiger partial charge in [-0.15, -0.1) is 0 Å². The summed E-state index contributed by atoms with van der Waals surface area (Å²) in [5, 5.41) is 2.84. The van der Waals surface area contributed by atoms with Gasteiger partial charge in [-0.05, 0) is 57.7 Å².